The Morgan fingerprint density at radius 1 is 0.250 bits per heavy atom. The zero-order valence-electron chi connectivity index (χ0n) is 40.2. The third-order valence-corrected chi connectivity index (χ3v) is 15.3. The molecular weight excluding hydrogens is 871 g/mol. The molecule has 13 aromatic rings. The summed E-state index contributed by atoms with van der Waals surface area (Å²) < 4.78 is 4.82. The fourth-order valence-corrected chi connectivity index (χ4v) is 11.7. The summed E-state index contributed by atoms with van der Waals surface area (Å²) in [6.07, 6.45) is 0. The Kier molecular flexibility index (Phi) is 9.56. The molecular formula is C69H49N3. The second-order valence-corrected chi connectivity index (χ2v) is 19.8. The number of hydrogen-bond donors (Lipinski definition) is 0. The monoisotopic (exact) mass is 919 g/mol. The normalized spacial score (nSPS) is 12.9. The van der Waals surface area contributed by atoms with Gasteiger partial charge in [0.25, 0.3) is 0 Å². The van der Waals surface area contributed by atoms with Gasteiger partial charge in [0.2, 0.25) is 0 Å². The van der Waals surface area contributed by atoms with Crippen molar-refractivity contribution in [2.24, 2.45) is 0 Å². The van der Waals surface area contributed by atoms with Crippen LogP contribution in [0, 0.1) is 0 Å². The molecule has 72 heavy (non-hydrogen) atoms. The summed E-state index contributed by atoms with van der Waals surface area (Å²) in [5.41, 5.74) is 22.5. The number of rotatable bonds is 7. The molecule has 340 valence electrons. The second kappa shape index (κ2) is 16.5. The number of fused-ring (bicyclic) bond motifs is 8. The lowest BCUT2D eigenvalue weighted by molar-refractivity contribution is 0.632. The van der Waals surface area contributed by atoms with E-state index >= 15 is 0 Å². The molecule has 0 atom stereocenters. The lowest BCUT2D eigenvalue weighted by atomic mass is 9.72. The Morgan fingerprint density at radius 2 is 0.528 bits per heavy atom. The first-order valence-corrected chi connectivity index (χ1v) is 25.0. The van der Waals surface area contributed by atoms with E-state index in [-0.39, 0.29) is 5.41 Å². The van der Waals surface area contributed by atoms with Crippen molar-refractivity contribution < 1.29 is 0 Å². The van der Waals surface area contributed by atoms with E-state index in [1.807, 2.05) is 0 Å². The highest BCUT2D eigenvalue weighted by atomic mass is 15.2. The number of hydrogen-bond acceptors (Lipinski definition) is 1. The summed E-state index contributed by atoms with van der Waals surface area (Å²) in [5, 5.41) is 4.96. The predicted octanol–water partition coefficient (Wildman–Crippen LogP) is 18.7. The molecule has 14 rings (SSSR count). The van der Waals surface area contributed by atoms with Crippen LogP contribution in [0.1, 0.15) is 25.0 Å². The molecule has 2 aromatic heterocycles. The number of anilines is 3. The van der Waals surface area contributed by atoms with E-state index in [0.29, 0.717) is 0 Å². The fraction of sp³-hybridized carbons (Fsp3) is 0.0435. The third kappa shape index (κ3) is 6.66. The third-order valence-electron chi connectivity index (χ3n) is 15.3. The summed E-state index contributed by atoms with van der Waals surface area (Å²) in [4.78, 5) is 2.47. The number of nitrogens with zero attached hydrogens (tertiary/aromatic N) is 3. The molecule has 3 nitrogen and oxygen atoms in total. The largest absolute Gasteiger partial charge is 0.310 e. The average Bonchev–Trinajstić information content (AvgIpc) is 3.95. The van der Waals surface area contributed by atoms with Gasteiger partial charge in [-0.05, 0) is 165 Å². The second-order valence-electron chi connectivity index (χ2n) is 19.8. The molecule has 0 fully saturated rings. The standard InChI is InChI=1S/C69H49N3/c1-69(2)61-44-52(50-30-36-65-59(42-50)57-40-48(46-18-8-3-9-19-46)28-34-63(57)70(65)54-22-12-5-13-23-54)32-38-67(61)72(56-26-16-7-17-27-56)68-39-33-53(45-62(68)69)51-31-37-66-60(43-51)58-41-49(47-20-10-4-11-21-47)29-35-64(58)71(66)55-24-14-6-15-25-55/h3-45H,1-2H3. The van der Waals surface area contributed by atoms with Crippen LogP contribution in [-0.2, 0) is 5.41 Å². The van der Waals surface area contributed by atoms with Crippen molar-refractivity contribution >= 4 is 60.7 Å². The van der Waals surface area contributed by atoms with Crippen LogP contribution in [0.15, 0.2) is 261 Å². The van der Waals surface area contributed by atoms with Gasteiger partial charge in [0.1, 0.15) is 0 Å². The highest BCUT2D eigenvalue weighted by Gasteiger charge is 2.37. The van der Waals surface area contributed by atoms with Gasteiger partial charge in [-0.25, -0.2) is 0 Å². The molecule has 0 spiro atoms. The summed E-state index contributed by atoms with van der Waals surface area (Å²) in [5.74, 6) is 0. The van der Waals surface area contributed by atoms with Gasteiger partial charge in [-0.1, -0.05) is 166 Å². The molecule has 0 radical (unpaired) electrons. The van der Waals surface area contributed by atoms with E-state index in [1.54, 1.807) is 0 Å². The van der Waals surface area contributed by atoms with Crippen molar-refractivity contribution in [3.8, 4) is 55.9 Å². The van der Waals surface area contributed by atoms with Gasteiger partial charge in [-0.15, -0.1) is 0 Å². The number of benzene rings is 11. The first-order valence-electron chi connectivity index (χ1n) is 25.0. The van der Waals surface area contributed by atoms with Crippen molar-refractivity contribution in [1.29, 1.82) is 0 Å². The van der Waals surface area contributed by atoms with Crippen LogP contribution in [0.5, 0.6) is 0 Å². The van der Waals surface area contributed by atoms with Crippen LogP contribution < -0.4 is 4.90 Å². The predicted molar refractivity (Wildman–Crippen MR) is 304 cm³/mol. The lowest BCUT2D eigenvalue weighted by Gasteiger charge is -2.42. The SMILES string of the molecule is CC1(C)c2cc(-c3ccc4c(c3)c3cc(-c5ccccc5)ccc3n4-c3ccccc3)ccc2N(c2ccccc2)c2ccc(-c3ccc4c(c3)c3cc(-c5ccccc5)ccc3n4-c3ccccc3)cc21. The van der Waals surface area contributed by atoms with Gasteiger partial charge in [-0.3, -0.25) is 0 Å². The zero-order valence-corrected chi connectivity index (χ0v) is 40.2. The van der Waals surface area contributed by atoms with Gasteiger partial charge < -0.3 is 14.0 Å². The van der Waals surface area contributed by atoms with Crippen molar-refractivity contribution in [2.45, 2.75) is 19.3 Å². The maximum absolute atomic E-state index is 2.47. The average molecular weight is 920 g/mol. The number of aromatic nitrogens is 2. The summed E-state index contributed by atoms with van der Waals surface area (Å²) in [7, 11) is 0. The van der Waals surface area contributed by atoms with Crippen molar-refractivity contribution in [3.05, 3.63) is 272 Å². The summed E-state index contributed by atoms with van der Waals surface area (Å²) in [6.45, 7) is 4.81. The van der Waals surface area contributed by atoms with Gasteiger partial charge in [0, 0.05) is 44.0 Å². The van der Waals surface area contributed by atoms with Gasteiger partial charge in [0.05, 0.1) is 33.4 Å². The summed E-state index contributed by atoms with van der Waals surface area (Å²) in [6, 6.07) is 96.0. The summed E-state index contributed by atoms with van der Waals surface area (Å²) >= 11 is 0. The Labute approximate surface area is 419 Å². The Hall–Kier alpha value is -9.18. The van der Waals surface area contributed by atoms with Gasteiger partial charge >= 0.3 is 0 Å². The van der Waals surface area contributed by atoms with E-state index < -0.39 is 0 Å². The van der Waals surface area contributed by atoms with E-state index in [4.69, 9.17) is 0 Å². The number of para-hydroxylation sites is 3. The van der Waals surface area contributed by atoms with Gasteiger partial charge in [-0.2, -0.15) is 0 Å². The maximum Gasteiger partial charge on any atom is 0.0541 e. The molecule has 11 aromatic carbocycles. The Morgan fingerprint density at radius 3 is 0.875 bits per heavy atom. The quantitative estimate of drug-likeness (QED) is 0.155. The topological polar surface area (TPSA) is 13.1 Å². The van der Waals surface area contributed by atoms with Crippen molar-refractivity contribution in [1.82, 2.24) is 9.13 Å². The first-order chi connectivity index (χ1) is 35.5. The Bertz CT molecular complexity index is 3950. The van der Waals surface area contributed by atoms with E-state index in [9.17, 15) is 0 Å². The molecule has 0 unspecified atom stereocenters. The van der Waals surface area contributed by atoms with Gasteiger partial charge in [0.15, 0.2) is 0 Å². The smallest absolute Gasteiger partial charge is 0.0541 e. The molecule has 0 amide bonds. The van der Waals surface area contributed by atoms with Crippen LogP contribution in [0.25, 0.3) is 99.5 Å². The molecule has 0 bridgehead atoms. The maximum atomic E-state index is 2.47. The van der Waals surface area contributed by atoms with E-state index in [1.165, 1.54) is 111 Å². The van der Waals surface area contributed by atoms with Crippen LogP contribution in [0.3, 0.4) is 0 Å². The van der Waals surface area contributed by atoms with Crippen LogP contribution in [0.4, 0.5) is 17.1 Å². The fourth-order valence-electron chi connectivity index (χ4n) is 11.7. The molecule has 0 N–H and O–H groups in total. The molecule has 0 saturated carbocycles. The van der Waals surface area contributed by atoms with E-state index in [0.717, 1.165) is 17.1 Å². The van der Waals surface area contributed by atoms with Crippen LogP contribution in [-0.4, -0.2) is 9.13 Å². The lowest BCUT2D eigenvalue weighted by Crippen LogP contribution is -2.30. The molecule has 0 aliphatic carbocycles. The molecule has 1 aliphatic rings. The van der Waals surface area contributed by atoms with Crippen LogP contribution in [0.2, 0.25) is 0 Å². The van der Waals surface area contributed by atoms with E-state index in [2.05, 4.69) is 289 Å². The highest BCUT2D eigenvalue weighted by molar-refractivity contribution is 6.13. The minimum atomic E-state index is -0.335. The first kappa shape index (κ1) is 41.8. The molecule has 3 heteroatoms. The molecule has 1 aliphatic heterocycles. The van der Waals surface area contributed by atoms with Crippen molar-refractivity contribution in [2.75, 3.05) is 4.90 Å². The van der Waals surface area contributed by atoms with Crippen molar-refractivity contribution in [3.63, 3.8) is 0 Å². The minimum Gasteiger partial charge on any atom is -0.310 e. The highest BCUT2D eigenvalue weighted by Crippen LogP contribution is 2.54. The molecule has 3 heterocycles. The minimum absolute atomic E-state index is 0.335. The molecule has 0 saturated heterocycles. The zero-order chi connectivity index (χ0) is 47.9. The Balaban J connectivity index is 0.921. The van der Waals surface area contributed by atoms with Crippen LogP contribution >= 0.6 is 0 Å².